The third-order valence-electron chi connectivity index (χ3n) is 4.45. The van der Waals surface area contributed by atoms with E-state index < -0.39 is 0 Å². The smallest absolute Gasteiger partial charge is 0.224 e. The second-order valence-corrected chi connectivity index (χ2v) is 6.15. The normalized spacial score (nSPS) is 24.2. The SMILES string of the molecule is O=C(NCc1ncc(Cl)cn1)[C@@H]1CC12CCCCC2. The average Bonchev–Trinajstić information content (AvgIpc) is 3.12. The molecule has 1 aromatic rings. The molecule has 1 spiro atoms. The maximum atomic E-state index is 12.1. The van der Waals surface area contributed by atoms with Crippen LogP contribution in [0.15, 0.2) is 12.4 Å². The number of hydrogen-bond donors (Lipinski definition) is 1. The lowest BCUT2D eigenvalue weighted by Gasteiger charge is -2.21. The summed E-state index contributed by atoms with van der Waals surface area (Å²) in [6.07, 6.45) is 10.5. The third kappa shape index (κ3) is 2.73. The van der Waals surface area contributed by atoms with Crippen molar-refractivity contribution in [3.8, 4) is 0 Å². The molecule has 3 rings (SSSR count). The van der Waals surface area contributed by atoms with Crippen molar-refractivity contribution in [1.82, 2.24) is 15.3 Å². The second-order valence-electron chi connectivity index (χ2n) is 5.72. The highest BCUT2D eigenvalue weighted by atomic mass is 35.5. The van der Waals surface area contributed by atoms with E-state index in [0.29, 0.717) is 22.8 Å². The molecule has 4 nitrogen and oxygen atoms in total. The predicted octanol–water partition coefficient (Wildman–Crippen LogP) is 2.72. The molecule has 0 unspecified atom stereocenters. The Morgan fingerprint density at radius 1 is 1.32 bits per heavy atom. The zero-order valence-electron chi connectivity index (χ0n) is 10.9. The zero-order chi connectivity index (χ0) is 13.3. The molecule has 2 aliphatic rings. The molecule has 1 atom stereocenters. The fourth-order valence-corrected chi connectivity index (χ4v) is 3.34. The van der Waals surface area contributed by atoms with Crippen LogP contribution < -0.4 is 5.32 Å². The minimum absolute atomic E-state index is 0.167. The summed E-state index contributed by atoms with van der Waals surface area (Å²) in [5, 5.41) is 3.46. The first-order valence-electron chi connectivity index (χ1n) is 6.94. The number of nitrogens with one attached hydrogen (secondary N) is 1. The van der Waals surface area contributed by atoms with Crippen LogP contribution in [-0.4, -0.2) is 15.9 Å². The highest BCUT2D eigenvalue weighted by Crippen LogP contribution is 2.61. The summed E-state index contributed by atoms with van der Waals surface area (Å²) >= 11 is 5.72. The van der Waals surface area contributed by atoms with E-state index in [2.05, 4.69) is 15.3 Å². The van der Waals surface area contributed by atoms with E-state index in [4.69, 9.17) is 11.6 Å². The predicted molar refractivity (Wildman–Crippen MR) is 72.5 cm³/mol. The van der Waals surface area contributed by atoms with Crippen molar-refractivity contribution < 1.29 is 4.79 Å². The molecule has 0 bridgehead atoms. The number of aromatic nitrogens is 2. The Kier molecular flexibility index (Phi) is 3.44. The van der Waals surface area contributed by atoms with E-state index in [9.17, 15) is 4.79 Å². The van der Waals surface area contributed by atoms with Gasteiger partial charge in [0.2, 0.25) is 5.91 Å². The van der Waals surface area contributed by atoms with Gasteiger partial charge in [-0.2, -0.15) is 0 Å². The van der Waals surface area contributed by atoms with Crippen molar-refractivity contribution in [1.29, 1.82) is 0 Å². The van der Waals surface area contributed by atoms with Crippen molar-refractivity contribution in [3.05, 3.63) is 23.2 Å². The molecule has 0 radical (unpaired) electrons. The van der Waals surface area contributed by atoms with Crippen LogP contribution in [0.25, 0.3) is 0 Å². The average molecular weight is 280 g/mol. The first-order valence-corrected chi connectivity index (χ1v) is 7.32. The van der Waals surface area contributed by atoms with Crippen molar-refractivity contribution in [2.24, 2.45) is 11.3 Å². The van der Waals surface area contributed by atoms with Gasteiger partial charge >= 0.3 is 0 Å². The van der Waals surface area contributed by atoms with Gasteiger partial charge < -0.3 is 5.32 Å². The van der Waals surface area contributed by atoms with Crippen molar-refractivity contribution in [3.63, 3.8) is 0 Å². The first kappa shape index (κ1) is 12.9. The Balaban J connectivity index is 1.51. The molecule has 1 heterocycles. The van der Waals surface area contributed by atoms with E-state index >= 15 is 0 Å². The molecule has 2 saturated carbocycles. The van der Waals surface area contributed by atoms with Gasteiger partial charge in [0.15, 0.2) is 0 Å². The highest BCUT2D eigenvalue weighted by molar-refractivity contribution is 6.30. The van der Waals surface area contributed by atoms with Crippen LogP contribution in [0.2, 0.25) is 5.02 Å². The van der Waals surface area contributed by atoms with Gasteiger partial charge in [0.1, 0.15) is 5.82 Å². The highest BCUT2D eigenvalue weighted by Gasteiger charge is 2.57. The van der Waals surface area contributed by atoms with Gasteiger partial charge in [-0.3, -0.25) is 4.79 Å². The van der Waals surface area contributed by atoms with Crippen LogP contribution in [0.4, 0.5) is 0 Å². The summed E-state index contributed by atoms with van der Waals surface area (Å²) in [6, 6.07) is 0. The van der Waals surface area contributed by atoms with Crippen LogP contribution >= 0.6 is 11.6 Å². The van der Waals surface area contributed by atoms with Crippen molar-refractivity contribution in [2.75, 3.05) is 0 Å². The standard InChI is InChI=1S/C14H18ClN3O/c15-10-7-16-12(17-8-10)9-18-13(19)11-6-14(11)4-2-1-3-5-14/h7-8,11H,1-6,9H2,(H,18,19)/t11-/m0/s1. The minimum atomic E-state index is 0.167. The second kappa shape index (κ2) is 5.08. The van der Waals surface area contributed by atoms with Gasteiger partial charge in [0.05, 0.1) is 11.6 Å². The van der Waals surface area contributed by atoms with Crippen LogP contribution in [0.5, 0.6) is 0 Å². The van der Waals surface area contributed by atoms with Crippen molar-refractivity contribution >= 4 is 17.5 Å². The molecule has 102 valence electrons. The van der Waals surface area contributed by atoms with Crippen molar-refractivity contribution in [2.45, 2.75) is 45.1 Å². The Morgan fingerprint density at radius 2 is 2.00 bits per heavy atom. The quantitative estimate of drug-likeness (QED) is 0.925. The molecule has 2 fully saturated rings. The zero-order valence-corrected chi connectivity index (χ0v) is 11.6. The topological polar surface area (TPSA) is 54.9 Å². The van der Waals surface area contributed by atoms with Gasteiger partial charge in [-0.05, 0) is 24.7 Å². The maximum absolute atomic E-state index is 12.1. The number of rotatable bonds is 3. The monoisotopic (exact) mass is 279 g/mol. The molecule has 5 heteroatoms. The van der Waals surface area contributed by atoms with Crippen LogP contribution in [0.1, 0.15) is 44.3 Å². The van der Waals surface area contributed by atoms with E-state index in [0.717, 1.165) is 6.42 Å². The van der Waals surface area contributed by atoms with E-state index in [1.54, 1.807) is 12.4 Å². The number of carbonyl (C=O) groups excluding carboxylic acids is 1. The summed E-state index contributed by atoms with van der Waals surface area (Å²) in [7, 11) is 0. The first-order chi connectivity index (χ1) is 9.20. The summed E-state index contributed by atoms with van der Waals surface area (Å²) in [4.78, 5) is 20.3. The largest absolute Gasteiger partial charge is 0.349 e. The van der Waals surface area contributed by atoms with E-state index in [-0.39, 0.29) is 11.8 Å². The third-order valence-corrected chi connectivity index (χ3v) is 4.65. The van der Waals surface area contributed by atoms with Crippen LogP contribution in [0, 0.1) is 11.3 Å². The summed E-state index contributed by atoms with van der Waals surface area (Å²) in [6.45, 7) is 0.391. The number of amides is 1. The Hall–Kier alpha value is -1.16. The lowest BCUT2D eigenvalue weighted by molar-refractivity contribution is -0.123. The molecular weight excluding hydrogens is 262 g/mol. The molecule has 1 amide bonds. The van der Waals surface area contributed by atoms with Crippen LogP contribution in [0.3, 0.4) is 0 Å². The fourth-order valence-electron chi connectivity index (χ4n) is 3.25. The lowest BCUT2D eigenvalue weighted by Crippen LogP contribution is -2.28. The number of halogens is 1. The van der Waals surface area contributed by atoms with Gasteiger partial charge in [0.25, 0.3) is 0 Å². The Labute approximate surface area is 118 Å². The molecule has 0 aromatic carbocycles. The molecule has 0 saturated heterocycles. The summed E-state index contributed by atoms with van der Waals surface area (Å²) in [5.41, 5.74) is 0.336. The summed E-state index contributed by atoms with van der Waals surface area (Å²) in [5.74, 6) is 0.997. The van der Waals surface area contributed by atoms with Gasteiger partial charge in [0, 0.05) is 18.3 Å². The summed E-state index contributed by atoms with van der Waals surface area (Å²) < 4.78 is 0. The number of nitrogens with zero attached hydrogens (tertiary/aromatic N) is 2. The fraction of sp³-hybridized carbons (Fsp3) is 0.643. The molecule has 2 aliphatic carbocycles. The molecule has 19 heavy (non-hydrogen) atoms. The van der Waals surface area contributed by atoms with Crippen LogP contribution in [-0.2, 0) is 11.3 Å². The van der Waals surface area contributed by atoms with Gasteiger partial charge in [-0.25, -0.2) is 9.97 Å². The number of hydrogen-bond acceptors (Lipinski definition) is 3. The molecule has 0 aliphatic heterocycles. The minimum Gasteiger partial charge on any atom is -0.349 e. The molecular formula is C14H18ClN3O. The Morgan fingerprint density at radius 3 is 2.68 bits per heavy atom. The lowest BCUT2D eigenvalue weighted by atomic mass is 9.84. The van der Waals surface area contributed by atoms with Gasteiger partial charge in [-0.15, -0.1) is 0 Å². The van der Waals surface area contributed by atoms with E-state index in [1.165, 1.54) is 32.1 Å². The van der Waals surface area contributed by atoms with E-state index in [1.807, 2.05) is 0 Å². The number of carbonyl (C=O) groups is 1. The molecule has 1 aromatic heterocycles. The Bertz CT molecular complexity index is 468. The van der Waals surface area contributed by atoms with Gasteiger partial charge in [-0.1, -0.05) is 30.9 Å². The molecule has 1 N–H and O–H groups in total. The maximum Gasteiger partial charge on any atom is 0.224 e.